The second-order valence-electron chi connectivity index (χ2n) is 10.5. The van der Waals surface area contributed by atoms with E-state index < -0.39 is 54.0 Å². The predicted octanol–water partition coefficient (Wildman–Crippen LogP) is 1.42. The highest BCUT2D eigenvalue weighted by Gasteiger charge is 2.64. The van der Waals surface area contributed by atoms with Crippen LogP contribution in [0, 0.1) is 15.4 Å². The molecule has 1 saturated heterocycles. The Hall–Kier alpha value is -2.06. The van der Waals surface area contributed by atoms with Gasteiger partial charge >= 0.3 is 5.97 Å². The summed E-state index contributed by atoms with van der Waals surface area (Å²) in [6, 6.07) is 5.79. The van der Waals surface area contributed by atoms with Crippen LogP contribution in [0.2, 0.25) is 0 Å². The third kappa shape index (κ3) is 5.76. The number of carbonyl (C=O) groups is 3. The van der Waals surface area contributed by atoms with Gasteiger partial charge in [0.2, 0.25) is 11.8 Å². The number of carbonyl (C=O) groups excluding carboxylic acids is 3. The van der Waals surface area contributed by atoms with Gasteiger partial charge in [-0.2, -0.15) is 0 Å². The van der Waals surface area contributed by atoms with Crippen molar-refractivity contribution in [3.8, 4) is 0 Å². The summed E-state index contributed by atoms with van der Waals surface area (Å²) in [6.07, 6.45) is 2.73. The van der Waals surface area contributed by atoms with Crippen LogP contribution >= 0.6 is 22.6 Å². The van der Waals surface area contributed by atoms with Crippen LogP contribution < -0.4 is 10.6 Å². The van der Waals surface area contributed by atoms with Crippen molar-refractivity contribution >= 4 is 40.4 Å². The van der Waals surface area contributed by atoms with Gasteiger partial charge in [-0.15, -0.1) is 0 Å². The Morgan fingerprint density at radius 3 is 2.37 bits per heavy atom. The molecular formula is C27H33IN2O8. The normalized spacial score (nSPS) is 27.5. The molecule has 10 nitrogen and oxygen atoms in total. The number of hydrogen-bond acceptors (Lipinski definition) is 8. The Bertz CT molecular complexity index is 1090. The third-order valence-electron chi connectivity index (χ3n) is 7.50. The number of rotatable bonds is 10. The van der Waals surface area contributed by atoms with Crippen molar-refractivity contribution in [1.29, 1.82) is 0 Å². The molecule has 2 saturated carbocycles. The number of esters is 1. The second kappa shape index (κ2) is 11.2. The first-order valence-corrected chi connectivity index (χ1v) is 14.2. The van der Waals surface area contributed by atoms with Crippen LogP contribution in [0.25, 0.3) is 0 Å². The van der Waals surface area contributed by atoms with Crippen molar-refractivity contribution in [2.75, 3.05) is 13.2 Å². The Kier molecular flexibility index (Phi) is 8.11. The van der Waals surface area contributed by atoms with Gasteiger partial charge in [0, 0.05) is 33.9 Å². The lowest BCUT2D eigenvalue weighted by Crippen LogP contribution is -2.54. The summed E-state index contributed by atoms with van der Waals surface area (Å²) in [5, 5.41) is 24.2. The minimum Gasteiger partial charge on any atom is -0.456 e. The molecule has 4 N–H and O–H groups in total. The molecule has 1 aromatic carbocycles. The van der Waals surface area contributed by atoms with Crippen LogP contribution in [0.3, 0.4) is 0 Å². The first kappa shape index (κ1) is 27.5. The number of aliphatic hydroxyl groups excluding tert-OH is 2. The molecule has 0 aromatic heterocycles. The zero-order valence-electron chi connectivity index (χ0n) is 21.1. The minimum absolute atomic E-state index is 0.00344. The van der Waals surface area contributed by atoms with Gasteiger partial charge in [0.05, 0.1) is 18.3 Å². The van der Waals surface area contributed by atoms with Crippen molar-refractivity contribution in [3.63, 3.8) is 0 Å². The molecule has 2 amide bonds. The molecule has 1 heterocycles. The van der Waals surface area contributed by atoms with E-state index in [2.05, 4.69) is 33.2 Å². The highest BCUT2D eigenvalue weighted by molar-refractivity contribution is 14.1. The first-order chi connectivity index (χ1) is 18.2. The summed E-state index contributed by atoms with van der Waals surface area (Å²) < 4.78 is 20.1. The highest BCUT2D eigenvalue weighted by Crippen LogP contribution is 2.59. The van der Waals surface area contributed by atoms with E-state index in [-0.39, 0.29) is 31.4 Å². The molecule has 5 rings (SSSR count). The van der Waals surface area contributed by atoms with E-state index in [1.165, 1.54) is 6.92 Å². The molecule has 1 aliphatic heterocycles. The van der Waals surface area contributed by atoms with Crippen LogP contribution in [0.15, 0.2) is 35.9 Å². The predicted molar refractivity (Wildman–Crippen MR) is 143 cm³/mol. The number of hydrogen-bond donors (Lipinski definition) is 4. The highest BCUT2D eigenvalue weighted by atomic mass is 127. The summed E-state index contributed by atoms with van der Waals surface area (Å²) in [5.74, 6) is -1.85. The summed E-state index contributed by atoms with van der Waals surface area (Å²) >= 11 is 2.16. The van der Waals surface area contributed by atoms with Crippen molar-refractivity contribution in [2.24, 2.45) is 11.8 Å². The van der Waals surface area contributed by atoms with Gasteiger partial charge in [0.1, 0.15) is 24.4 Å². The van der Waals surface area contributed by atoms with Crippen LogP contribution in [0.1, 0.15) is 49.4 Å². The zero-order valence-corrected chi connectivity index (χ0v) is 23.3. The summed E-state index contributed by atoms with van der Waals surface area (Å²) in [6.45, 7) is 1.12. The Morgan fingerprint density at radius 2 is 1.79 bits per heavy atom. The van der Waals surface area contributed by atoms with Gasteiger partial charge in [0.15, 0.2) is 5.79 Å². The van der Waals surface area contributed by atoms with Crippen molar-refractivity contribution in [2.45, 2.75) is 75.3 Å². The monoisotopic (exact) mass is 640 g/mol. The lowest BCUT2D eigenvalue weighted by molar-refractivity contribution is -0.209. The van der Waals surface area contributed by atoms with Gasteiger partial charge in [0.25, 0.3) is 0 Å². The molecule has 1 aromatic rings. The maximum Gasteiger partial charge on any atom is 0.338 e. The number of aliphatic hydroxyl groups is 2. The van der Waals surface area contributed by atoms with E-state index >= 15 is 0 Å². The summed E-state index contributed by atoms with van der Waals surface area (Å²) in [5.41, 5.74) is 0.685. The molecule has 3 fully saturated rings. The number of benzene rings is 1. The minimum atomic E-state index is -1.22. The average molecular weight is 640 g/mol. The molecule has 11 heteroatoms. The zero-order chi connectivity index (χ0) is 27.0. The molecule has 0 radical (unpaired) electrons. The Balaban J connectivity index is 1.37. The van der Waals surface area contributed by atoms with Gasteiger partial charge in [-0.1, -0.05) is 0 Å². The van der Waals surface area contributed by atoms with Crippen LogP contribution in [-0.2, 0) is 23.8 Å². The molecule has 0 bridgehead atoms. The number of ether oxygens (including phenoxy) is 3. The number of amides is 2. The van der Waals surface area contributed by atoms with Gasteiger partial charge in [-0.3, -0.25) is 9.59 Å². The van der Waals surface area contributed by atoms with Crippen LogP contribution in [0.4, 0.5) is 0 Å². The van der Waals surface area contributed by atoms with E-state index in [4.69, 9.17) is 19.3 Å². The molecule has 3 aliphatic carbocycles. The lowest BCUT2D eigenvalue weighted by atomic mass is 9.91. The molecule has 0 spiro atoms. The fourth-order valence-electron chi connectivity index (χ4n) is 5.29. The van der Waals surface area contributed by atoms with E-state index in [1.54, 1.807) is 18.2 Å². The average Bonchev–Trinajstić information content (AvgIpc) is 3.82. The number of fused-ring (bicyclic) bond motifs is 1. The SMILES string of the molecule is C[C@H](O)[C@@H](NC(=O)C1=C[C@H]2OC(C3CC3)(C3CC3)O[C@H]2[C@H](OC(=O)c2ccc(I)cc2)C1)C(=O)NCCO. The van der Waals surface area contributed by atoms with E-state index in [9.17, 15) is 19.5 Å². The molecule has 5 atom stereocenters. The fourth-order valence-corrected chi connectivity index (χ4v) is 5.65. The summed E-state index contributed by atoms with van der Waals surface area (Å²) in [4.78, 5) is 38.8. The smallest absolute Gasteiger partial charge is 0.338 e. The van der Waals surface area contributed by atoms with Gasteiger partial charge in [-0.25, -0.2) is 4.79 Å². The van der Waals surface area contributed by atoms with E-state index in [0.29, 0.717) is 11.1 Å². The van der Waals surface area contributed by atoms with E-state index in [0.717, 1.165) is 29.3 Å². The largest absolute Gasteiger partial charge is 0.456 e. The molecular weight excluding hydrogens is 607 g/mol. The Morgan fingerprint density at radius 1 is 1.13 bits per heavy atom. The molecule has 4 aliphatic rings. The lowest BCUT2D eigenvalue weighted by Gasteiger charge is -2.31. The topological polar surface area (TPSA) is 143 Å². The maximum atomic E-state index is 13.3. The second-order valence-corrected chi connectivity index (χ2v) is 11.7. The number of halogens is 1. The standard InChI is InChI=1S/C27H33IN2O8/c1-14(32)22(25(34)29-10-11-31)30-24(33)16-12-20(36-26(35)15-2-8-19(28)9-3-15)23-21(13-16)37-27(38-23,17-4-5-17)18-6-7-18/h2-3,8-9,13-14,17-18,20-23,31-32H,4-7,10-12H2,1H3,(H,29,34)(H,30,33)/t14-,20+,21+,22+,23-/m0/s1. The van der Waals surface area contributed by atoms with Crippen molar-refractivity contribution in [1.82, 2.24) is 10.6 Å². The van der Waals surface area contributed by atoms with Gasteiger partial charge < -0.3 is 35.1 Å². The molecule has 0 unspecified atom stereocenters. The third-order valence-corrected chi connectivity index (χ3v) is 8.22. The maximum absolute atomic E-state index is 13.3. The number of nitrogens with one attached hydrogen (secondary N) is 2. The van der Waals surface area contributed by atoms with Crippen molar-refractivity contribution in [3.05, 3.63) is 45.0 Å². The Labute approximate surface area is 234 Å². The van der Waals surface area contributed by atoms with Crippen molar-refractivity contribution < 1.29 is 38.8 Å². The molecule has 38 heavy (non-hydrogen) atoms. The van der Waals surface area contributed by atoms with Crippen LogP contribution in [-0.4, -0.2) is 77.4 Å². The van der Waals surface area contributed by atoms with Gasteiger partial charge in [-0.05, 0) is 85.5 Å². The quantitative estimate of drug-likeness (QED) is 0.222. The van der Waals surface area contributed by atoms with E-state index in [1.807, 2.05) is 12.1 Å². The van der Waals surface area contributed by atoms with Crippen LogP contribution in [0.5, 0.6) is 0 Å². The first-order valence-electron chi connectivity index (χ1n) is 13.1. The summed E-state index contributed by atoms with van der Waals surface area (Å²) in [7, 11) is 0. The molecule has 206 valence electrons. The fraction of sp³-hybridized carbons (Fsp3) is 0.593.